The fourth-order valence-electron chi connectivity index (χ4n) is 2.42. The number of aliphatic carboxylic acids is 1. The summed E-state index contributed by atoms with van der Waals surface area (Å²) < 4.78 is 0. The quantitative estimate of drug-likeness (QED) is 0.739. The molecule has 0 saturated heterocycles. The molecule has 0 aromatic heterocycles. The summed E-state index contributed by atoms with van der Waals surface area (Å²) in [6, 6.07) is 0. The maximum absolute atomic E-state index is 11.7. The summed E-state index contributed by atoms with van der Waals surface area (Å²) in [5, 5.41) is 11.9. The minimum absolute atomic E-state index is 0.0232. The Labute approximate surface area is 102 Å². The highest BCUT2D eigenvalue weighted by atomic mass is 16.4. The predicted molar refractivity (Wildman–Crippen MR) is 65.6 cm³/mol. The predicted octanol–water partition coefficient (Wildman–Crippen LogP) is 2.25. The van der Waals surface area contributed by atoms with E-state index in [9.17, 15) is 9.59 Å². The van der Waals surface area contributed by atoms with Gasteiger partial charge in [0.15, 0.2) is 0 Å². The van der Waals surface area contributed by atoms with Crippen molar-refractivity contribution in [3.63, 3.8) is 0 Å². The number of carboxylic acid groups (broad SMARTS) is 1. The van der Waals surface area contributed by atoms with Crippen LogP contribution in [0.25, 0.3) is 0 Å². The molecule has 0 aromatic carbocycles. The van der Waals surface area contributed by atoms with Gasteiger partial charge in [-0.15, -0.1) is 0 Å². The molecular weight excluding hydrogens is 218 g/mol. The molecule has 0 atom stereocenters. The minimum Gasteiger partial charge on any atom is -0.481 e. The van der Waals surface area contributed by atoms with Crippen LogP contribution in [-0.2, 0) is 9.59 Å². The lowest BCUT2D eigenvalue weighted by Gasteiger charge is -2.36. The third-order valence-electron chi connectivity index (χ3n) is 3.11. The molecule has 1 aliphatic rings. The number of carboxylic acids is 1. The number of rotatable bonds is 4. The van der Waals surface area contributed by atoms with E-state index in [4.69, 9.17) is 5.11 Å². The first-order chi connectivity index (χ1) is 7.93. The Hall–Kier alpha value is -1.32. The van der Waals surface area contributed by atoms with Crippen LogP contribution in [0.5, 0.6) is 0 Å². The van der Waals surface area contributed by atoms with Crippen LogP contribution in [0.3, 0.4) is 0 Å². The molecule has 0 aromatic rings. The van der Waals surface area contributed by atoms with Crippen LogP contribution in [-0.4, -0.2) is 22.5 Å². The zero-order chi connectivity index (χ0) is 12.9. The topological polar surface area (TPSA) is 66.4 Å². The molecule has 4 nitrogen and oxygen atoms in total. The number of amides is 1. The van der Waals surface area contributed by atoms with Gasteiger partial charge in [-0.3, -0.25) is 9.59 Å². The SMILES string of the molecule is CC(C)=CC(=O)NC1(CC(=O)O)CCCCC1. The number of hydrogen-bond acceptors (Lipinski definition) is 2. The van der Waals surface area contributed by atoms with Gasteiger partial charge in [-0.2, -0.15) is 0 Å². The van der Waals surface area contributed by atoms with Crippen molar-refractivity contribution < 1.29 is 14.7 Å². The monoisotopic (exact) mass is 239 g/mol. The Morgan fingerprint density at radius 3 is 2.29 bits per heavy atom. The molecule has 1 rings (SSSR count). The van der Waals surface area contributed by atoms with E-state index < -0.39 is 11.5 Å². The standard InChI is InChI=1S/C13H21NO3/c1-10(2)8-11(15)14-13(9-12(16)17)6-4-3-5-7-13/h8H,3-7,9H2,1-2H3,(H,14,15)(H,16,17). The second kappa shape index (κ2) is 5.84. The highest BCUT2D eigenvalue weighted by molar-refractivity contribution is 5.89. The number of carbonyl (C=O) groups is 2. The van der Waals surface area contributed by atoms with Crippen LogP contribution < -0.4 is 5.32 Å². The van der Waals surface area contributed by atoms with Crippen LogP contribution in [0.15, 0.2) is 11.6 Å². The molecule has 0 spiro atoms. The lowest BCUT2D eigenvalue weighted by atomic mass is 9.79. The van der Waals surface area contributed by atoms with E-state index >= 15 is 0 Å². The first kappa shape index (κ1) is 13.7. The fourth-order valence-corrected chi connectivity index (χ4v) is 2.42. The highest BCUT2D eigenvalue weighted by Crippen LogP contribution is 2.31. The van der Waals surface area contributed by atoms with Crippen LogP contribution >= 0.6 is 0 Å². The van der Waals surface area contributed by atoms with E-state index in [2.05, 4.69) is 5.32 Å². The average Bonchev–Trinajstić information content (AvgIpc) is 2.15. The molecule has 0 radical (unpaired) electrons. The molecular formula is C13H21NO3. The molecule has 0 heterocycles. The van der Waals surface area contributed by atoms with E-state index in [1.807, 2.05) is 13.8 Å². The first-order valence-electron chi connectivity index (χ1n) is 6.12. The van der Waals surface area contributed by atoms with Gasteiger partial charge in [0.05, 0.1) is 12.0 Å². The van der Waals surface area contributed by atoms with Crippen molar-refractivity contribution in [1.82, 2.24) is 5.32 Å². The van der Waals surface area contributed by atoms with Crippen molar-refractivity contribution >= 4 is 11.9 Å². The molecule has 17 heavy (non-hydrogen) atoms. The number of hydrogen-bond donors (Lipinski definition) is 2. The summed E-state index contributed by atoms with van der Waals surface area (Å²) in [5.74, 6) is -1.02. The van der Waals surface area contributed by atoms with Crippen LogP contribution in [0, 0.1) is 0 Å². The van der Waals surface area contributed by atoms with E-state index in [1.165, 1.54) is 6.08 Å². The third-order valence-corrected chi connectivity index (χ3v) is 3.11. The maximum Gasteiger partial charge on any atom is 0.305 e. The Morgan fingerprint density at radius 1 is 1.24 bits per heavy atom. The van der Waals surface area contributed by atoms with E-state index in [1.54, 1.807) is 0 Å². The summed E-state index contributed by atoms with van der Waals surface area (Å²) in [6.07, 6.45) is 6.18. The lowest BCUT2D eigenvalue weighted by Crippen LogP contribution is -2.50. The molecule has 1 fully saturated rings. The number of nitrogens with one attached hydrogen (secondary N) is 1. The van der Waals surface area contributed by atoms with Crippen molar-refractivity contribution in [2.45, 2.75) is 57.9 Å². The fraction of sp³-hybridized carbons (Fsp3) is 0.692. The second-order valence-corrected chi connectivity index (χ2v) is 5.12. The first-order valence-corrected chi connectivity index (χ1v) is 6.12. The van der Waals surface area contributed by atoms with Gasteiger partial charge in [0.25, 0.3) is 0 Å². The van der Waals surface area contributed by atoms with Gasteiger partial charge in [-0.05, 0) is 26.7 Å². The number of carbonyl (C=O) groups excluding carboxylic acids is 1. The van der Waals surface area contributed by atoms with Gasteiger partial charge < -0.3 is 10.4 Å². The Morgan fingerprint density at radius 2 is 1.82 bits per heavy atom. The summed E-state index contributed by atoms with van der Waals surface area (Å²) in [6.45, 7) is 3.70. The maximum atomic E-state index is 11.7. The van der Waals surface area contributed by atoms with E-state index in [0.29, 0.717) is 0 Å². The van der Waals surface area contributed by atoms with Crippen LogP contribution in [0.2, 0.25) is 0 Å². The molecule has 1 amide bonds. The smallest absolute Gasteiger partial charge is 0.305 e. The molecule has 2 N–H and O–H groups in total. The Bertz CT molecular complexity index is 324. The normalized spacial score (nSPS) is 18.2. The molecule has 0 aliphatic heterocycles. The van der Waals surface area contributed by atoms with Crippen molar-refractivity contribution in [2.24, 2.45) is 0 Å². The van der Waals surface area contributed by atoms with Gasteiger partial charge in [0, 0.05) is 6.08 Å². The van der Waals surface area contributed by atoms with Crippen LogP contribution in [0.1, 0.15) is 52.4 Å². The highest BCUT2D eigenvalue weighted by Gasteiger charge is 2.35. The van der Waals surface area contributed by atoms with Crippen molar-refractivity contribution in [3.8, 4) is 0 Å². The largest absolute Gasteiger partial charge is 0.481 e. The summed E-state index contributed by atoms with van der Waals surface area (Å²) in [5.41, 5.74) is 0.386. The number of allylic oxidation sites excluding steroid dienone is 1. The molecule has 1 aliphatic carbocycles. The Balaban J connectivity index is 2.72. The van der Waals surface area contributed by atoms with Gasteiger partial charge in [-0.25, -0.2) is 0 Å². The third kappa shape index (κ3) is 4.59. The molecule has 0 bridgehead atoms. The zero-order valence-electron chi connectivity index (χ0n) is 10.6. The summed E-state index contributed by atoms with van der Waals surface area (Å²) in [4.78, 5) is 22.6. The van der Waals surface area contributed by atoms with Crippen LogP contribution in [0.4, 0.5) is 0 Å². The van der Waals surface area contributed by atoms with Crippen molar-refractivity contribution in [3.05, 3.63) is 11.6 Å². The van der Waals surface area contributed by atoms with Crippen molar-refractivity contribution in [1.29, 1.82) is 0 Å². The molecule has 0 unspecified atom stereocenters. The molecule has 4 heteroatoms. The summed E-state index contributed by atoms with van der Waals surface area (Å²) in [7, 11) is 0. The molecule has 1 saturated carbocycles. The van der Waals surface area contributed by atoms with Gasteiger partial charge in [0.2, 0.25) is 5.91 Å². The molecule has 96 valence electrons. The van der Waals surface area contributed by atoms with E-state index in [-0.39, 0.29) is 12.3 Å². The average molecular weight is 239 g/mol. The van der Waals surface area contributed by atoms with Gasteiger partial charge in [0.1, 0.15) is 0 Å². The Kier molecular flexibility index (Phi) is 4.73. The van der Waals surface area contributed by atoms with E-state index in [0.717, 1.165) is 37.7 Å². The zero-order valence-corrected chi connectivity index (χ0v) is 10.6. The lowest BCUT2D eigenvalue weighted by molar-refractivity contribution is -0.139. The van der Waals surface area contributed by atoms with Gasteiger partial charge in [-0.1, -0.05) is 24.8 Å². The van der Waals surface area contributed by atoms with Gasteiger partial charge >= 0.3 is 5.97 Å². The van der Waals surface area contributed by atoms with Crippen molar-refractivity contribution in [2.75, 3.05) is 0 Å². The second-order valence-electron chi connectivity index (χ2n) is 5.12. The minimum atomic E-state index is -0.843. The summed E-state index contributed by atoms with van der Waals surface area (Å²) >= 11 is 0.